The molecule has 1 unspecified atom stereocenters. The van der Waals surface area contributed by atoms with Crippen molar-refractivity contribution in [3.8, 4) is 0 Å². The van der Waals surface area contributed by atoms with Gasteiger partial charge in [-0.25, -0.2) is 0 Å². The second kappa shape index (κ2) is 58.9. The Morgan fingerprint density at radius 1 is 0.292 bits per heavy atom. The minimum Gasteiger partial charge on any atom is -0.462 e. The van der Waals surface area contributed by atoms with E-state index in [0.717, 1.165) is 141 Å². The summed E-state index contributed by atoms with van der Waals surface area (Å²) in [6, 6.07) is 0. The molecule has 0 radical (unpaired) electrons. The molecule has 0 bridgehead atoms. The van der Waals surface area contributed by atoms with E-state index in [1.807, 2.05) is 0 Å². The normalized spacial score (nSPS) is 13.2. The van der Waals surface area contributed by atoms with Crippen molar-refractivity contribution < 1.29 is 28.6 Å². The summed E-state index contributed by atoms with van der Waals surface area (Å²) in [5.74, 6) is -1.02. The van der Waals surface area contributed by atoms with Gasteiger partial charge in [-0.1, -0.05) is 224 Å². The zero-order valence-electron chi connectivity index (χ0n) is 46.1. The van der Waals surface area contributed by atoms with Crippen LogP contribution in [0.15, 0.2) is 146 Å². The summed E-state index contributed by atoms with van der Waals surface area (Å²) in [5.41, 5.74) is 0. The van der Waals surface area contributed by atoms with Crippen LogP contribution in [0.2, 0.25) is 0 Å². The van der Waals surface area contributed by atoms with Crippen molar-refractivity contribution in [2.75, 3.05) is 13.2 Å². The van der Waals surface area contributed by atoms with E-state index >= 15 is 0 Å². The van der Waals surface area contributed by atoms with E-state index in [1.54, 1.807) is 0 Å². The summed E-state index contributed by atoms with van der Waals surface area (Å²) in [6.07, 6.45) is 84.1. The van der Waals surface area contributed by atoms with E-state index in [-0.39, 0.29) is 37.5 Å². The van der Waals surface area contributed by atoms with E-state index in [4.69, 9.17) is 14.2 Å². The fraction of sp³-hybridized carbons (Fsp3) is 0.591. The van der Waals surface area contributed by atoms with Gasteiger partial charge in [-0.05, 0) is 135 Å². The third kappa shape index (κ3) is 56.2. The highest BCUT2D eigenvalue weighted by molar-refractivity contribution is 5.71. The van der Waals surface area contributed by atoms with E-state index in [0.29, 0.717) is 19.3 Å². The highest BCUT2D eigenvalue weighted by Gasteiger charge is 2.19. The summed E-state index contributed by atoms with van der Waals surface area (Å²) in [5, 5.41) is 0. The van der Waals surface area contributed by atoms with Crippen LogP contribution in [0.4, 0.5) is 0 Å². The molecule has 0 aromatic carbocycles. The molecule has 0 aromatic rings. The third-order valence-corrected chi connectivity index (χ3v) is 11.6. The molecule has 0 N–H and O–H groups in total. The number of allylic oxidation sites excluding steroid dienone is 24. The van der Waals surface area contributed by atoms with Crippen LogP contribution in [0.25, 0.3) is 0 Å². The molecule has 404 valence electrons. The second-order valence-electron chi connectivity index (χ2n) is 18.4. The van der Waals surface area contributed by atoms with Gasteiger partial charge in [-0.3, -0.25) is 14.4 Å². The first kappa shape index (κ1) is 67.3. The fourth-order valence-electron chi connectivity index (χ4n) is 7.30. The lowest BCUT2D eigenvalue weighted by Crippen LogP contribution is -2.30. The number of esters is 3. The third-order valence-electron chi connectivity index (χ3n) is 11.6. The quantitative estimate of drug-likeness (QED) is 0.0261. The van der Waals surface area contributed by atoms with Crippen molar-refractivity contribution >= 4 is 17.9 Å². The monoisotopic (exact) mass is 993 g/mol. The lowest BCUT2D eigenvalue weighted by Gasteiger charge is -2.18. The van der Waals surface area contributed by atoms with Gasteiger partial charge in [0.1, 0.15) is 13.2 Å². The van der Waals surface area contributed by atoms with Crippen molar-refractivity contribution in [2.24, 2.45) is 0 Å². The Bertz CT molecular complexity index is 1610. The lowest BCUT2D eigenvalue weighted by atomic mass is 10.1. The first-order chi connectivity index (χ1) is 35.5. The maximum atomic E-state index is 12.8. The summed E-state index contributed by atoms with van der Waals surface area (Å²) in [4.78, 5) is 38.1. The van der Waals surface area contributed by atoms with Crippen molar-refractivity contribution in [3.05, 3.63) is 146 Å². The van der Waals surface area contributed by atoms with Crippen molar-refractivity contribution in [1.29, 1.82) is 0 Å². The minimum absolute atomic E-state index is 0.119. The van der Waals surface area contributed by atoms with Crippen LogP contribution >= 0.6 is 0 Å². The topological polar surface area (TPSA) is 78.9 Å². The number of carbonyl (C=O) groups is 3. The molecule has 0 fully saturated rings. The van der Waals surface area contributed by atoms with E-state index in [1.165, 1.54) is 44.9 Å². The van der Waals surface area contributed by atoms with Gasteiger partial charge in [0.15, 0.2) is 6.10 Å². The molecule has 0 aromatic heterocycles. The number of hydrogen-bond donors (Lipinski definition) is 0. The van der Waals surface area contributed by atoms with Crippen LogP contribution in [0.1, 0.15) is 233 Å². The van der Waals surface area contributed by atoms with Gasteiger partial charge < -0.3 is 14.2 Å². The van der Waals surface area contributed by atoms with Gasteiger partial charge in [0, 0.05) is 19.3 Å². The van der Waals surface area contributed by atoms with Gasteiger partial charge in [-0.15, -0.1) is 0 Å². The average Bonchev–Trinajstić information content (AvgIpc) is 3.38. The van der Waals surface area contributed by atoms with Crippen molar-refractivity contribution in [3.63, 3.8) is 0 Å². The first-order valence-electron chi connectivity index (χ1n) is 28.8. The maximum Gasteiger partial charge on any atom is 0.306 e. The number of rotatable bonds is 50. The fourth-order valence-corrected chi connectivity index (χ4v) is 7.30. The molecule has 0 aliphatic rings. The standard InChI is InChI=1S/C66H104O6/c1-4-7-10-13-16-19-22-25-28-30-31-32-33-34-35-37-38-41-44-47-50-53-56-59-65(68)71-62-63(61-70-64(67)58-55-52-49-46-43-40-27-24-21-18-15-12-9-6-3)72-66(69)60-57-54-51-48-45-42-39-36-29-26-23-20-17-14-11-8-5-2/h7-8,10-11,16-17,19-20,24-29,31-32,34-35,38-39,41-42,48,51,63H,4-6,9,12-15,18,21-23,30,33,36-37,40,43-47,49-50,52-62H2,1-3H3/b10-7-,11-8-,19-16-,20-17-,27-24-,28-25-,29-26-,32-31-,35-34-,41-38-,42-39-,51-48-. The number of carbonyl (C=O) groups excluding carboxylic acids is 3. The van der Waals surface area contributed by atoms with Crippen molar-refractivity contribution in [1.82, 2.24) is 0 Å². The summed E-state index contributed by atoms with van der Waals surface area (Å²) < 4.78 is 16.8. The zero-order chi connectivity index (χ0) is 52.2. The maximum absolute atomic E-state index is 12.8. The minimum atomic E-state index is -0.829. The molecular weight excluding hydrogens is 889 g/mol. The van der Waals surface area contributed by atoms with E-state index in [9.17, 15) is 14.4 Å². The number of hydrogen-bond acceptors (Lipinski definition) is 6. The Morgan fingerprint density at radius 3 is 0.903 bits per heavy atom. The Labute approximate surface area is 442 Å². The molecule has 0 amide bonds. The van der Waals surface area contributed by atoms with E-state index < -0.39 is 6.10 Å². The smallest absolute Gasteiger partial charge is 0.306 e. The summed E-state index contributed by atoms with van der Waals surface area (Å²) >= 11 is 0. The summed E-state index contributed by atoms with van der Waals surface area (Å²) in [6.45, 7) is 6.31. The molecule has 0 aliphatic heterocycles. The second-order valence-corrected chi connectivity index (χ2v) is 18.4. The molecule has 1 atom stereocenters. The lowest BCUT2D eigenvalue weighted by molar-refractivity contribution is -0.167. The predicted molar refractivity (Wildman–Crippen MR) is 311 cm³/mol. The molecule has 0 saturated heterocycles. The predicted octanol–water partition coefficient (Wildman–Crippen LogP) is 19.6. The van der Waals surface area contributed by atoms with Gasteiger partial charge in [0.2, 0.25) is 0 Å². The van der Waals surface area contributed by atoms with Gasteiger partial charge >= 0.3 is 17.9 Å². The van der Waals surface area contributed by atoms with E-state index in [2.05, 4.69) is 167 Å². The van der Waals surface area contributed by atoms with Crippen LogP contribution in [-0.2, 0) is 28.6 Å². The Hall–Kier alpha value is -4.71. The SMILES string of the molecule is CC/C=C\C/C=C\C/C=C\C/C=C\C/C=C\C/C=C\CCCCCCC(=O)OCC(COC(=O)CCCCCCC/C=C\CCCCCCC)OC(=O)CCC/C=C\C/C=C\C/C=C\C/C=C\C/C=C\CC. The Morgan fingerprint density at radius 2 is 0.556 bits per heavy atom. The number of unbranched alkanes of at least 4 members (excludes halogenated alkanes) is 15. The average molecular weight is 994 g/mol. The van der Waals surface area contributed by atoms with Gasteiger partial charge in [0.05, 0.1) is 0 Å². The van der Waals surface area contributed by atoms with Crippen LogP contribution in [0.3, 0.4) is 0 Å². The molecule has 72 heavy (non-hydrogen) atoms. The van der Waals surface area contributed by atoms with Gasteiger partial charge in [-0.2, -0.15) is 0 Å². The molecule has 0 rings (SSSR count). The Balaban J connectivity index is 4.54. The zero-order valence-corrected chi connectivity index (χ0v) is 46.1. The molecule has 6 heteroatoms. The summed E-state index contributed by atoms with van der Waals surface area (Å²) in [7, 11) is 0. The molecule has 6 nitrogen and oxygen atoms in total. The molecular formula is C66H104O6. The molecule has 0 saturated carbocycles. The molecule has 0 spiro atoms. The van der Waals surface area contributed by atoms with Crippen LogP contribution in [0.5, 0.6) is 0 Å². The van der Waals surface area contributed by atoms with Crippen LogP contribution < -0.4 is 0 Å². The Kier molecular flexibility index (Phi) is 55.0. The molecule has 0 heterocycles. The highest BCUT2D eigenvalue weighted by Crippen LogP contribution is 2.12. The van der Waals surface area contributed by atoms with Crippen LogP contribution in [-0.4, -0.2) is 37.2 Å². The molecule has 0 aliphatic carbocycles. The van der Waals surface area contributed by atoms with Crippen LogP contribution in [0, 0.1) is 0 Å². The van der Waals surface area contributed by atoms with Gasteiger partial charge in [0.25, 0.3) is 0 Å². The van der Waals surface area contributed by atoms with Crippen molar-refractivity contribution in [2.45, 2.75) is 239 Å². The largest absolute Gasteiger partial charge is 0.462 e. The first-order valence-corrected chi connectivity index (χ1v) is 28.8. The highest BCUT2D eigenvalue weighted by atomic mass is 16.6. The number of ether oxygens (including phenoxy) is 3.